The molecule has 0 spiro atoms. The van der Waals surface area contributed by atoms with Crippen LogP contribution in [0.2, 0.25) is 0 Å². The molecule has 0 amide bonds. The molecule has 258 valence electrons. The maximum Gasteiger partial charge on any atom is 2.00 e. The Morgan fingerprint density at radius 1 is 0.449 bits per heavy atom. The van der Waals surface area contributed by atoms with E-state index in [1.807, 2.05) is 0 Å². The van der Waals surface area contributed by atoms with Crippen LogP contribution in [0, 0.1) is 58.7 Å². The van der Waals surface area contributed by atoms with Crippen LogP contribution in [0.5, 0.6) is 0 Å². The van der Waals surface area contributed by atoms with Crippen LogP contribution < -0.4 is 21.2 Å². The Morgan fingerprint density at radius 2 is 0.714 bits per heavy atom. The molecule has 0 saturated heterocycles. The van der Waals surface area contributed by atoms with E-state index in [9.17, 15) is 0 Å². The first-order valence-corrected chi connectivity index (χ1v) is 24.1. The molecule has 2 fully saturated rings. The van der Waals surface area contributed by atoms with E-state index in [1.165, 1.54) is 74.2 Å². The smallest absolute Gasteiger partial charge is 2.00 e. The molecule has 0 aliphatic heterocycles. The zero-order chi connectivity index (χ0) is 35.0. The van der Waals surface area contributed by atoms with Gasteiger partial charge in [-0.2, -0.15) is 0 Å². The largest absolute Gasteiger partial charge is 2.00 e. The molecule has 4 aromatic carbocycles. The Hall–Kier alpha value is -0.278. The summed E-state index contributed by atoms with van der Waals surface area (Å²) < 4.78 is 0. The van der Waals surface area contributed by atoms with Gasteiger partial charge in [0.25, 0.3) is 0 Å². The summed E-state index contributed by atoms with van der Waals surface area (Å²) in [6, 6.07) is 41.2. The summed E-state index contributed by atoms with van der Waals surface area (Å²) in [6.07, 6.45) is 0. The summed E-state index contributed by atoms with van der Waals surface area (Å²) in [5.41, 5.74) is 2.93. The van der Waals surface area contributed by atoms with Crippen molar-refractivity contribution in [3.8, 4) is 0 Å². The van der Waals surface area contributed by atoms with Gasteiger partial charge in [-0.15, -0.1) is 0 Å². The molecule has 0 unspecified atom stereocenters. The maximum atomic E-state index is 6.46. The second-order valence-corrected chi connectivity index (χ2v) is 20.9. The van der Waals surface area contributed by atoms with Crippen molar-refractivity contribution in [3.63, 3.8) is 0 Å². The molecule has 4 aromatic rings. The van der Waals surface area contributed by atoms with Crippen molar-refractivity contribution >= 4 is 66.0 Å². The standard InChI is InChI=1S/C21H22PS.C21H22P.2ClH.Fe.Pd/c1-15-16(2)18(4)21(17(15)3)22(23,19-11-7-5-8-12-19)20-13-9-6-10-14-20;1-15-16(2)18(4)21(17(15)3)22(19-11-7-5-8-12-19)20-13-9-6-10-14-20;;;;/h5-14H,1-4H3;5-14H,1-4H3;2*1H;;/q;;;;2*+2/p-2. The van der Waals surface area contributed by atoms with Gasteiger partial charge in [-0.3, -0.25) is 0 Å². The van der Waals surface area contributed by atoms with Gasteiger partial charge in [0.05, 0.1) is 0 Å². The number of hydrogen-bond acceptors (Lipinski definition) is 1. The van der Waals surface area contributed by atoms with E-state index < -0.39 is 14.0 Å². The van der Waals surface area contributed by atoms with Crippen molar-refractivity contribution < 1.29 is 33.0 Å². The monoisotopic (exact) mass is 874 g/mol. The summed E-state index contributed by atoms with van der Waals surface area (Å²) >= 11 is 6.35. The molecule has 0 aromatic heterocycles. The molecule has 49 heavy (non-hydrogen) atoms. The van der Waals surface area contributed by atoms with Gasteiger partial charge in [0.15, 0.2) is 0 Å². The van der Waals surface area contributed by atoms with Gasteiger partial charge >= 0.3 is 52.1 Å². The van der Waals surface area contributed by atoms with E-state index in [4.69, 9.17) is 30.9 Å². The van der Waals surface area contributed by atoms with Crippen molar-refractivity contribution in [2.24, 2.45) is 0 Å². The van der Waals surface area contributed by atoms with Crippen molar-refractivity contribution in [2.45, 2.75) is 55.4 Å². The van der Waals surface area contributed by atoms with E-state index in [0.717, 1.165) is 0 Å². The van der Waals surface area contributed by atoms with E-state index in [2.05, 4.69) is 177 Å². The molecule has 0 N–H and O–H groups in total. The molecule has 2 aliphatic carbocycles. The molecule has 0 atom stereocenters. The van der Waals surface area contributed by atoms with Gasteiger partial charge in [0.2, 0.25) is 0 Å². The molecule has 0 nitrogen and oxygen atoms in total. The zero-order valence-corrected chi connectivity index (χ0v) is 36.1. The average Bonchev–Trinajstić information content (AvgIpc) is 3.44. The van der Waals surface area contributed by atoms with Crippen LogP contribution in [-0.2, 0) is 44.8 Å². The minimum Gasteiger partial charge on any atom is 2.00 e. The van der Waals surface area contributed by atoms with Crippen molar-refractivity contribution in [1.29, 1.82) is 0 Å². The number of rotatable bonds is 6. The topological polar surface area (TPSA) is 0 Å². The average molecular weight is 876 g/mol. The van der Waals surface area contributed by atoms with Crippen molar-refractivity contribution in [3.05, 3.63) is 180 Å². The van der Waals surface area contributed by atoms with Gasteiger partial charge in [0.1, 0.15) is 0 Å². The van der Waals surface area contributed by atoms with E-state index in [1.54, 1.807) is 5.66 Å². The summed E-state index contributed by atoms with van der Waals surface area (Å²) in [7, 11) is 9.14. The molecular formula is C42H44Cl2FeP2PdS+2. The summed E-state index contributed by atoms with van der Waals surface area (Å²) in [5, 5.41) is 5.41. The normalized spacial score (nSPS) is 18.3. The fourth-order valence-corrected chi connectivity index (χ4v) is 14.0. The molecule has 0 bridgehead atoms. The number of halogens is 2. The Kier molecular flexibility index (Phi) is 17.8. The molecule has 10 radical (unpaired) electrons. The third-order valence-corrected chi connectivity index (χ3v) is 17.5. The Morgan fingerprint density at radius 3 is 1.02 bits per heavy atom. The van der Waals surface area contributed by atoms with Crippen LogP contribution in [0.4, 0.5) is 0 Å². The van der Waals surface area contributed by atoms with Crippen molar-refractivity contribution in [2.75, 3.05) is 0 Å². The maximum absolute atomic E-state index is 6.46. The number of hydrogen-bond donors (Lipinski definition) is 0. The fraction of sp³-hybridized carbons (Fsp3) is 0.190. The quantitative estimate of drug-likeness (QED) is 0.137. The van der Waals surface area contributed by atoms with E-state index in [0.29, 0.717) is 0 Å². The summed E-state index contributed by atoms with van der Waals surface area (Å²) in [4.78, 5) is 0. The van der Waals surface area contributed by atoms with Crippen LogP contribution >= 0.6 is 33.0 Å². The zero-order valence-electron chi connectivity index (χ0n) is 29.3. The molecule has 7 heteroatoms. The van der Waals surface area contributed by atoms with E-state index >= 15 is 0 Å². The molecular weight excluding hydrogens is 832 g/mol. The Labute approximate surface area is 331 Å². The second kappa shape index (κ2) is 20.3. The van der Waals surface area contributed by atoms with Gasteiger partial charge < -0.3 is 0 Å². The molecule has 0 heterocycles. The first-order valence-electron chi connectivity index (χ1n) is 15.9. The third-order valence-electron chi connectivity index (χ3n) is 9.60. The van der Waals surface area contributed by atoms with Gasteiger partial charge in [-0.25, -0.2) is 0 Å². The van der Waals surface area contributed by atoms with Crippen molar-refractivity contribution in [1.82, 2.24) is 0 Å². The van der Waals surface area contributed by atoms with Crippen LogP contribution in [0.25, 0.3) is 0 Å². The molecule has 6 rings (SSSR count). The minimum atomic E-state index is -2.02. The predicted molar refractivity (Wildman–Crippen MR) is 215 cm³/mol. The fourth-order valence-electron chi connectivity index (χ4n) is 6.45. The van der Waals surface area contributed by atoms with Gasteiger partial charge in [-0.05, 0) is 76.5 Å². The second-order valence-electron chi connectivity index (χ2n) is 12.0. The first kappa shape index (κ1) is 43.1. The Balaban J connectivity index is 0.000000241. The van der Waals surface area contributed by atoms with Crippen LogP contribution in [-0.4, -0.2) is 0 Å². The van der Waals surface area contributed by atoms with E-state index in [-0.39, 0.29) is 33.0 Å². The predicted octanol–water partition coefficient (Wildman–Crippen LogP) is 11.5. The van der Waals surface area contributed by atoms with Crippen LogP contribution in [0.15, 0.2) is 121 Å². The SMILES string of the molecule is C[C]1[C](C)[C](C)[C](P(=S)(c2ccccc2)c2ccccc2)[C]1C.C[C]1[C](C)[C](C)[C](P(c2ccccc2)c2ccccc2)[C]1C.[Cl][Pd][Cl].[Fe+2]. The number of benzene rings is 4. The summed E-state index contributed by atoms with van der Waals surface area (Å²) in [5.74, 6) is 11.4. The van der Waals surface area contributed by atoms with Gasteiger partial charge in [-0.1, -0.05) is 189 Å². The minimum absolute atomic E-state index is 0. The molecule has 2 saturated carbocycles. The van der Waals surface area contributed by atoms with Crippen LogP contribution in [0.1, 0.15) is 55.4 Å². The first-order chi connectivity index (χ1) is 23.0. The Bertz CT molecular complexity index is 1450. The third kappa shape index (κ3) is 9.64. The van der Waals surface area contributed by atoms with Crippen LogP contribution in [0.3, 0.4) is 0 Å². The van der Waals surface area contributed by atoms with Gasteiger partial charge in [0, 0.05) is 17.4 Å². The summed E-state index contributed by atoms with van der Waals surface area (Å²) in [6.45, 7) is 18.0. The molecule has 2 aliphatic rings.